The summed E-state index contributed by atoms with van der Waals surface area (Å²) in [5.74, 6) is 2.42. The Hall–Kier alpha value is -2.25. The molecule has 3 rings (SSSR count). The molecule has 0 radical (unpaired) electrons. The highest BCUT2D eigenvalue weighted by Gasteiger charge is 2.14. The van der Waals surface area contributed by atoms with Gasteiger partial charge in [0.25, 0.3) is 0 Å². The molecule has 0 aliphatic carbocycles. The maximum atomic E-state index is 11.1. The van der Waals surface area contributed by atoms with Gasteiger partial charge in [-0.25, -0.2) is 0 Å². The van der Waals surface area contributed by atoms with E-state index in [9.17, 15) is 4.79 Å². The molecule has 0 atom stereocenters. The molecule has 0 bridgehead atoms. The Kier molecular flexibility index (Phi) is 6.74. The highest BCUT2D eigenvalue weighted by atomic mass is 32.2. The summed E-state index contributed by atoms with van der Waals surface area (Å²) in [6.07, 6.45) is 0. The molecule has 5 nitrogen and oxygen atoms in total. The average molecular weight is 385 g/mol. The molecule has 26 heavy (non-hydrogen) atoms. The first-order valence-electron chi connectivity index (χ1n) is 8.21. The Balaban J connectivity index is 1.71. The molecule has 0 saturated carbocycles. The van der Waals surface area contributed by atoms with Gasteiger partial charge < -0.3 is 10.3 Å². The van der Waals surface area contributed by atoms with Crippen LogP contribution in [0.4, 0.5) is 0 Å². The summed E-state index contributed by atoms with van der Waals surface area (Å²) in [5.41, 5.74) is 7.73. The molecule has 0 unspecified atom stereocenters. The summed E-state index contributed by atoms with van der Waals surface area (Å²) in [7, 11) is 0. The molecule has 134 valence electrons. The molecule has 7 heteroatoms. The number of carbonyl (C=O) groups is 1. The molecule has 2 N–H and O–H groups in total. The number of thioether (sulfide) groups is 2. The lowest BCUT2D eigenvalue weighted by atomic mass is 10.2. The molecule has 1 amide bonds. The first kappa shape index (κ1) is 18.5. The van der Waals surface area contributed by atoms with E-state index >= 15 is 0 Å². The van der Waals surface area contributed by atoms with Gasteiger partial charge in [0.15, 0.2) is 5.16 Å². The van der Waals surface area contributed by atoms with Crippen molar-refractivity contribution < 1.29 is 4.79 Å². The minimum Gasteiger partial charge on any atom is -0.369 e. The highest BCUT2D eigenvalue weighted by molar-refractivity contribution is 7.99. The minimum absolute atomic E-state index is 0.198. The molecule has 3 aromatic rings. The van der Waals surface area contributed by atoms with E-state index in [1.54, 1.807) is 11.8 Å². The van der Waals surface area contributed by atoms with E-state index in [0.29, 0.717) is 6.54 Å². The topological polar surface area (TPSA) is 73.8 Å². The fraction of sp³-hybridized carbons (Fsp3) is 0.211. The maximum Gasteiger partial charge on any atom is 0.227 e. The Labute approximate surface area is 161 Å². The van der Waals surface area contributed by atoms with E-state index in [1.807, 2.05) is 36.4 Å². The Morgan fingerprint density at radius 3 is 2.23 bits per heavy atom. The second kappa shape index (κ2) is 9.45. The van der Waals surface area contributed by atoms with Gasteiger partial charge in [0.05, 0.1) is 18.1 Å². The number of benzene rings is 2. The molecule has 0 saturated heterocycles. The van der Waals surface area contributed by atoms with E-state index in [-0.39, 0.29) is 11.7 Å². The summed E-state index contributed by atoms with van der Waals surface area (Å²) in [6, 6.07) is 20.5. The number of amides is 1. The molecular weight excluding hydrogens is 364 g/mol. The Morgan fingerprint density at radius 2 is 1.58 bits per heavy atom. The SMILES string of the molecule is NC(=O)CSc1nnc(CSCc2ccccc2)n1Cc1ccccc1. The smallest absolute Gasteiger partial charge is 0.227 e. The van der Waals surface area contributed by atoms with Gasteiger partial charge in [-0.2, -0.15) is 0 Å². The maximum absolute atomic E-state index is 11.1. The van der Waals surface area contributed by atoms with Crippen molar-refractivity contribution in [2.24, 2.45) is 5.73 Å². The van der Waals surface area contributed by atoms with Crippen LogP contribution in [0.25, 0.3) is 0 Å². The summed E-state index contributed by atoms with van der Waals surface area (Å²) in [4.78, 5) is 11.1. The van der Waals surface area contributed by atoms with Crippen molar-refractivity contribution in [2.75, 3.05) is 5.75 Å². The van der Waals surface area contributed by atoms with Crippen molar-refractivity contribution in [3.8, 4) is 0 Å². The molecular formula is C19H20N4OS2. The van der Waals surface area contributed by atoms with Gasteiger partial charge in [-0.05, 0) is 11.1 Å². The third kappa shape index (κ3) is 5.37. The number of hydrogen-bond acceptors (Lipinski definition) is 5. The lowest BCUT2D eigenvalue weighted by Crippen LogP contribution is -2.14. The Morgan fingerprint density at radius 1 is 0.923 bits per heavy atom. The van der Waals surface area contributed by atoms with Crippen LogP contribution in [0, 0.1) is 0 Å². The van der Waals surface area contributed by atoms with Crippen molar-refractivity contribution in [1.82, 2.24) is 14.8 Å². The van der Waals surface area contributed by atoms with Crippen molar-refractivity contribution in [1.29, 1.82) is 0 Å². The third-order valence-corrected chi connectivity index (χ3v) is 5.65. The first-order chi connectivity index (χ1) is 12.7. The van der Waals surface area contributed by atoms with E-state index in [0.717, 1.165) is 22.5 Å². The van der Waals surface area contributed by atoms with Gasteiger partial charge in [-0.3, -0.25) is 4.79 Å². The third-order valence-electron chi connectivity index (χ3n) is 3.66. The predicted octanol–water partition coefficient (Wildman–Crippen LogP) is 3.34. The lowest BCUT2D eigenvalue weighted by molar-refractivity contribution is -0.115. The second-order valence-electron chi connectivity index (χ2n) is 5.70. The van der Waals surface area contributed by atoms with Crippen molar-refractivity contribution >= 4 is 29.4 Å². The second-order valence-corrected chi connectivity index (χ2v) is 7.63. The normalized spacial score (nSPS) is 10.8. The average Bonchev–Trinajstić information content (AvgIpc) is 3.03. The minimum atomic E-state index is -0.357. The van der Waals surface area contributed by atoms with Crippen LogP contribution in [0.5, 0.6) is 0 Å². The van der Waals surface area contributed by atoms with Gasteiger partial charge >= 0.3 is 0 Å². The van der Waals surface area contributed by atoms with E-state index in [1.165, 1.54) is 22.9 Å². The van der Waals surface area contributed by atoms with Crippen LogP contribution in [0.3, 0.4) is 0 Å². The van der Waals surface area contributed by atoms with Gasteiger partial charge in [-0.15, -0.1) is 22.0 Å². The fourth-order valence-corrected chi connectivity index (χ4v) is 4.05. The van der Waals surface area contributed by atoms with Crippen LogP contribution in [0.2, 0.25) is 0 Å². The van der Waals surface area contributed by atoms with Crippen LogP contribution in [-0.4, -0.2) is 26.4 Å². The quantitative estimate of drug-likeness (QED) is 0.573. The number of hydrogen-bond donors (Lipinski definition) is 1. The van der Waals surface area contributed by atoms with E-state index < -0.39 is 0 Å². The summed E-state index contributed by atoms with van der Waals surface area (Å²) < 4.78 is 2.07. The lowest BCUT2D eigenvalue weighted by Gasteiger charge is -2.10. The molecule has 0 aliphatic heterocycles. The van der Waals surface area contributed by atoms with Crippen LogP contribution < -0.4 is 5.73 Å². The van der Waals surface area contributed by atoms with Crippen LogP contribution >= 0.6 is 23.5 Å². The van der Waals surface area contributed by atoms with E-state index in [2.05, 4.69) is 39.0 Å². The Bertz CT molecular complexity index is 837. The van der Waals surface area contributed by atoms with E-state index in [4.69, 9.17) is 5.73 Å². The fourth-order valence-electron chi connectivity index (χ4n) is 2.43. The number of nitrogens with zero attached hydrogens (tertiary/aromatic N) is 3. The first-order valence-corrected chi connectivity index (χ1v) is 10.3. The zero-order valence-electron chi connectivity index (χ0n) is 14.2. The van der Waals surface area contributed by atoms with Crippen molar-refractivity contribution in [3.05, 3.63) is 77.6 Å². The standard InChI is InChI=1S/C19H20N4OS2/c20-17(24)13-26-19-22-21-18(14-25-12-16-9-5-2-6-10-16)23(19)11-15-7-3-1-4-8-15/h1-10H,11-14H2,(H2,20,24). The highest BCUT2D eigenvalue weighted by Crippen LogP contribution is 2.22. The number of rotatable bonds is 9. The molecule has 1 heterocycles. The van der Waals surface area contributed by atoms with Crippen LogP contribution in [-0.2, 0) is 22.8 Å². The van der Waals surface area contributed by atoms with Crippen molar-refractivity contribution in [3.63, 3.8) is 0 Å². The molecule has 2 aromatic carbocycles. The largest absolute Gasteiger partial charge is 0.369 e. The van der Waals surface area contributed by atoms with Gasteiger partial charge in [0, 0.05) is 5.75 Å². The zero-order valence-corrected chi connectivity index (χ0v) is 15.9. The van der Waals surface area contributed by atoms with Gasteiger partial charge in [0.2, 0.25) is 5.91 Å². The molecule has 0 aliphatic rings. The summed E-state index contributed by atoms with van der Waals surface area (Å²) in [5, 5.41) is 9.33. The molecule has 0 spiro atoms. The number of nitrogens with two attached hydrogens (primary N) is 1. The number of aromatic nitrogens is 3. The monoisotopic (exact) mass is 384 g/mol. The number of primary amides is 1. The van der Waals surface area contributed by atoms with Crippen molar-refractivity contribution in [2.45, 2.75) is 23.2 Å². The van der Waals surface area contributed by atoms with Crippen LogP contribution in [0.15, 0.2) is 65.8 Å². The summed E-state index contributed by atoms with van der Waals surface area (Å²) in [6.45, 7) is 0.677. The molecule has 1 aromatic heterocycles. The zero-order chi connectivity index (χ0) is 18.2. The molecule has 0 fully saturated rings. The van der Waals surface area contributed by atoms with Gasteiger partial charge in [-0.1, -0.05) is 72.4 Å². The summed E-state index contributed by atoms with van der Waals surface area (Å²) >= 11 is 3.13. The van der Waals surface area contributed by atoms with Gasteiger partial charge in [0.1, 0.15) is 5.82 Å². The van der Waals surface area contributed by atoms with Crippen LogP contribution in [0.1, 0.15) is 17.0 Å². The number of carbonyl (C=O) groups excluding carboxylic acids is 1. The predicted molar refractivity (Wildman–Crippen MR) is 107 cm³/mol.